The topological polar surface area (TPSA) is 103 Å². The highest BCUT2D eigenvalue weighted by atomic mass is 19.1. The Hall–Kier alpha value is -3.76. The summed E-state index contributed by atoms with van der Waals surface area (Å²) < 4.78 is 42.1. The minimum atomic E-state index is -0.831. The first kappa shape index (κ1) is 25.3. The largest absolute Gasteiger partial charge is 0.392 e. The van der Waals surface area contributed by atoms with Crippen molar-refractivity contribution in [2.24, 2.45) is 0 Å². The van der Waals surface area contributed by atoms with Gasteiger partial charge in [0.1, 0.15) is 17.5 Å². The summed E-state index contributed by atoms with van der Waals surface area (Å²) in [5.41, 5.74) is 1.46. The van der Waals surface area contributed by atoms with E-state index >= 15 is 0 Å². The third-order valence-corrected chi connectivity index (χ3v) is 6.02. The fraction of sp³-hybridized carbons (Fsp3) is 0.269. The van der Waals surface area contributed by atoms with Crippen molar-refractivity contribution in [3.63, 3.8) is 0 Å². The Morgan fingerprint density at radius 3 is 2.56 bits per heavy atom. The lowest BCUT2D eigenvalue weighted by Crippen LogP contribution is -2.43. The van der Waals surface area contributed by atoms with Crippen LogP contribution in [-0.2, 0) is 11.2 Å². The highest BCUT2D eigenvalue weighted by Crippen LogP contribution is 2.30. The van der Waals surface area contributed by atoms with Gasteiger partial charge >= 0.3 is 0 Å². The number of hydrogen-bond acceptors (Lipinski definition) is 5. The number of β-amino-alcohol motifs (C(OH)–C–C–N with tert-alkyl or cyclic N) is 1. The average Bonchev–Trinajstić information content (AvgIpc) is 3.29. The molecule has 1 aliphatic heterocycles. The molecule has 0 radical (unpaired) electrons. The van der Waals surface area contributed by atoms with Crippen LogP contribution in [0.3, 0.4) is 0 Å². The molecular formula is C26H25F3N4O3. The molecule has 1 aromatic heterocycles. The Bertz CT molecular complexity index is 1270. The first-order valence-electron chi connectivity index (χ1n) is 11.4. The Kier molecular flexibility index (Phi) is 7.66. The Morgan fingerprint density at radius 2 is 1.89 bits per heavy atom. The number of aromatic nitrogens is 1. The van der Waals surface area contributed by atoms with E-state index in [-0.39, 0.29) is 24.9 Å². The number of hydrogen-bond donors (Lipinski definition) is 4. The molecule has 4 N–H and O–H groups in total. The zero-order valence-corrected chi connectivity index (χ0v) is 19.4. The minimum absolute atomic E-state index is 0.00318. The summed E-state index contributed by atoms with van der Waals surface area (Å²) in [5.74, 6) is -3.23. The summed E-state index contributed by atoms with van der Waals surface area (Å²) in [7, 11) is 1.39. The summed E-state index contributed by atoms with van der Waals surface area (Å²) in [6.07, 6.45) is 1.06. The maximum Gasteiger partial charge on any atom is 0.254 e. The molecule has 3 aromatic rings. The quantitative estimate of drug-likeness (QED) is 0.401. The van der Waals surface area contributed by atoms with Crippen molar-refractivity contribution in [3.8, 4) is 11.1 Å². The molecule has 0 bridgehead atoms. The molecule has 1 fully saturated rings. The zero-order valence-electron chi connectivity index (χ0n) is 19.4. The maximum absolute atomic E-state index is 14.3. The number of aliphatic hydroxyl groups is 1. The first-order chi connectivity index (χ1) is 17.2. The molecule has 0 spiro atoms. The molecule has 2 heterocycles. The minimum Gasteiger partial charge on any atom is -0.392 e. The van der Waals surface area contributed by atoms with E-state index in [1.54, 1.807) is 12.1 Å². The molecule has 1 saturated heterocycles. The van der Waals surface area contributed by atoms with Gasteiger partial charge in [-0.1, -0.05) is 12.1 Å². The molecule has 0 unspecified atom stereocenters. The summed E-state index contributed by atoms with van der Waals surface area (Å²) in [4.78, 5) is 29.6. The highest BCUT2D eigenvalue weighted by molar-refractivity contribution is 5.95. The second-order valence-corrected chi connectivity index (χ2v) is 8.60. The number of carbonyl (C=O) groups excluding carboxylic acids is 2. The molecule has 2 aromatic carbocycles. The van der Waals surface area contributed by atoms with Crippen molar-refractivity contribution in [1.82, 2.24) is 20.9 Å². The van der Waals surface area contributed by atoms with E-state index < -0.39 is 47.5 Å². The van der Waals surface area contributed by atoms with E-state index in [0.29, 0.717) is 22.4 Å². The van der Waals surface area contributed by atoms with Crippen LogP contribution < -0.4 is 16.0 Å². The van der Waals surface area contributed by atoms with Gasteiger partial charge in [-0.25, -0.2) is 13.2 Å². The van der Waals surface area contributed by atoms with Crippen LogP contribution in [0.2, 0.25) is 0 Å². The number of aliphatic hydroxyl groups excluding tert-OH is 1. The molecule has 0 saturated carbocycles. The van der Waals surface area contributed by atoms with Crippen molar-refractivity contribution >= 4 is 11.8 Å². The van der Waals surface area contributed by atoms with Crippen LogP contribution in [0.15, 0.2) is 54.7 Å². The average molecular weight is 499 g/mol. The van der Waals surface area contributed by atoms with Gasteiger partial charge in [0.15, 0.2) is 0 Å². The zero-order chi connectivity index (χ0) is 25.8. The number of carbonyl (C=O) groups is 2. The first-order valence-corrected chi connectivity index (χ1v) is 11.4. The summed E-state index contributed by atoms with van der Waals surface area (Å²) >= 11 is 0. The van der Waals surface area contributed by atoms with Crippen LogP contribution in [0, 0.1) is 17.5 Å². The van der Waals surface area contributed by atoms with Crippen molar-refractivity contribution in [1.29, 1.82) is 0 Å². The lowest BCUT2D eigenvalue weighted by Gasteiger charge is -2.23. The van der Waals surface area contributed by atoms with Crippen molar-refractivity contribution in [3.05, 3.63) is 89.0 Å². The summed E-state index contributed by atoms with van der Waals surface area (Å²) in [5, 5.41) is 18.0. The van der Waals surface area contributed by atoms with Gasteiger partial charge in [-0.2, -0.15) is 0 Å². The third kappa shape index (κ3) is 5.72. The lowest BCUT2D eigenvalue weighted by atomic mass is 9.94. The fourth-order valence-corrected chi connectivity index (χ4v) is 4.31. The molecule has 4 rings (SSSR count). The maximum atomic E-state index is 14.3. The van der Waals surface area contributed by atoms with Crippen LogP contribution >= 0.6 is 0 Å². The van der Waals surface area contributed by atoms with Gasteiger partial charge in [-0.3, -0.25) is 14.6 Å². The van der Waals surface area contributed by atoms with Crippen LogP contribution in [0.25, 0.3) is 11.1 Å². The van der Waals surface area contributed by atoms with E-state index in [4.69, 9.17) is 0 Å². The molecule has 0 aliphatic carbocycles. The number of nitrogens with zero attached hydrogens (tertiary/aromatic N) is 1. The molecule has 36 heavy (non-hydrogen) atoms. The molecule has 3 atom stereocenters. The van der Waals surface area contributed by atoms with Crippen molar-refractivity contribution in [2.45, 2.75) is 31.0 Å². The number of nitrogens with one attached hydrogen (secondary N) is 3. The number of halogens is 3. The lowest BCUT2D eigenvalue weighted by molar-refractivity contribution is -0.123. The van der Waals surface area contributed by atoms with E-state index in [1.165, 1.54) is 37.5 Å². The third-order valence-electron chi connectivity index (χ3n) is 6.02. The molecule has 10 heteroatoms. The van der Waals surface area contributed by atoms with Gasteiger partial charge in [0.2, 0.25) is 5.91 Å². The Balaban J connectivity index is 1.75. The SMILES string of the molecule is CNC(=O)c1cc(-c2cccnc2[C@H](Cc2cc(F)cc(F)c2)NC(=O)[C@@H]2C[C@@H](O)CN2)ccc1F. The molecule has 2 amide bonds. The number of benzene rings is 2. The summed E-state index contributed by atoms with van der Waals surface area (Å²) in [6.45, 7) is 0.268. The molecule has 1 aliphatic rings. The van der Waals surface area contributed by atoms with Crippen LogP contribution in [-0.4, -0.2) is 47.6 Å². The van der Waals surface area contributed by atoms with Gasteiger partial charge in [-0.05, 0) is 54.3 Å². The standard InChI is InChI=1S/C26H25F3N4O3/c1-30-25(35)20-10-15(4-5-21(20)29)19-3-2-6-31-24(19)22(9-14-7-16(27)11-17(28)8-14)33-26(36)23-12-18(34)13-32-23/h2-8,10-11,18,22-23,32,34H,9,12-13H2,1H3,(H,30,35)(H,33,36)/t18-,22+,23+/m1/s1. The van der Waals surface area contributed by atoms with E-state index in [9.17, 15) is 27.9 Å². The Labute approximate surface area is 205 Å². The molecule has 188 valence electrons. The second kappa shape index (κ2) is 10.9. The monoisotopic (exact) mass is 498 g/mol. The normalized spacial score (nSPS) is 18.0. The van der Waals surface area contributed by atoms with Gasteiger partial charge in [0.25, 0.3) is 5.91 Å². The van der Waals surface area contributed by atoms with Gasteiger partial charge in [0.05, 0.1) is 29.4 Å². The summed E-state index contributed by atoms with van der Waals surface area (Å²) in [6, 6.07) is 8.99. The Morgan fingerprint density at radius 1 is 1.14 bits per heavy atom. The van der Waals surface area contributed by atoms with Gasteiger partial charge in [-0.15, -0.1) is 0 Å². The van der Waals surface area contributed by atoms with Crippen LogP contribution in [0.4, 0.5) is 13.2 Å². The fourth-order valence-electron chi connectivity index (χ4n) is 4.31. The smallest absolute Gasteiger partial charge is 0.254 e. The second-order valence-electron chi connectivity index (χ2n) is 8.60. The molecular weight excluding hydrogens is 473 g/mol. The number of rotatable bonds is 7. The van der Waals surface area contributed by atoms with Gasteiger partial charge in [0, 0.05) is 31.4 Å². The molecule has 7 nitrogen and oxygen atoms in total. The highest BCUT2D eigenvalue weighted by Gasteiger charge is 2.31. The predicted octanol–water partition coefficient (Wildman–Crippen LogP) is 2.65. The van der Waals surface area contributed by atoms with E-state index in [1.807, 2.05) is 0 Å². The predicted molar refractivity (Wildman–Crippen MR) is 126 cm³/mol. The van der Waals surface area contributed by atoms with E-state index in [2.05, 4.69) is 20.9 Å². The van der Waals surface area contributed by atoms with Gasteiger partial charge < -0.3 is 21.1 Å². The van der Waals surface area contributed by atoms with Crippen molar-refractivity contribution < 1.29 is 27.9 Å². The van der Waals surface area contributed by atoms with Crippen molar-refractivity contribution in [2.75, 3.05) is 13.6 Å². The number of pyridine rings is 1. The van der Waals surface area contributed by atoms with Crippen LogP contribution in [0.5, 0.6) is 0 Å². The van der Waals surface area contributed by atoms with Crippen LogP contribution in [0.1, 0.15) is 34.1 Å². The number of amides is 2. The van der Waals surface area contributed by atoms with E-state index in [0.717, 1.165) is 12.1 Å².